The number of nitrogens with zero attached hydrogens (tertiary/aromatic N) is 3. The molecular weight excluding hydrogens is 731 g/mol. The van der Waals surface area contributed by atoms with Gasteiger partial charge in [-0.15, -0.1) is 0 Å². The number of benzene rings is 3. The maximum absolute atomic E-state index is 13.2. The van der Waals surface area contributed by atoms with Gasteiger partial charge in [0.05, 0.1) is 16.2 Å². The summed E-state index contributed by atoms with van der Waals surface area (Å²) >= 11 is 11.9. The molecule has 52 heavy (non-hydrogen) atoms. The van der Waals surface area contributed by atoms with Crippen LogP contribution < -0.4 is 31.3 Å². The third-order valence-electron chi connectivity index (χ3n) is 7.72. The van der Waals surface area contributed by atoms with E-state index >= 15 is 0 Å². The standard InChI is InChI=1S/C34H32Cl2F4N8O4/c1-32(2,17-42-27(50)28(51)44-25-12-9-22(37)15-24(25)36)16-41-26(49)19-3-10-23(11-4-19)43-29-45-30(47-31(46-29)52-18-34(38,39)40)48-33(13-14-33)20-5-7-21(35)8-6-20/h3-12,15H,13-14,16-18H2,1-2H3,(H,41,49)(H,42,50)(H,44,51)(H2,43,45,46,47,48). The molecule has 3 aromatic carbocycles. The first-order valence-electron chi connectivity index (χ1n) is 15.7. The van der Waals surface area contributed by atoms with Crippen molar-refractivity contribution in [3.63, 3.8) is 0 Å². The second-order valence-electron chi connectivity index (χ2n) is 12.7. The summed E-state index contributed by atoms with van der Waals surface area (Å²) < 4.78 is 56.8. The fraction of sp³-hybridized carbons (Fsp3) is 0.294. The van der Waals surface area contributed by atoms with E-state index in [0.29, 0.717) is 10.7 Å². The lowest BCUT2D eigenvalue weighted by Gasteiger charge is -2.25. The van der Waals surface area contributed by atoms with Crippen molar-refractivity contribution in [2.45, 2.75) is 38.4 Å². The Hall–Kier alpha value is -5.22. The fourth-order valence-electron chi connectivity index (χ4n) is 4.76. The molecule has 0 unspecified atom stereocenters. The molecule has 12 nitrogen and oxygen atoms in total. The number of aromatic nitrogens is 3. The van der Waals surface area contributed by atoms with Crippen LogP contribution in [0.2, 0.25) is 10.0 Å². The van der Waals surface area contributed by atoms with Crippen molar-refractivity contribution in [2.24, 2.45) is 5.41 Å². The van der Waals surface area contributed by atoms with Gasteiger partial charge in [0.2, 0.25) is 11.9 Å². The van der Waals surface area contributed by atoms with Crippen molar-refractivity contribution in [3.05, 3.63) is 93.7 Å². The number of rotatable bonds is 13. The molecule has 18 heteroatoms. The van der Waals surface area contributed by atoms with Gasteiger partial charge in [-0.1, -0.05) is 49.2 Å². The SMILES string of the molecule is CC(C)(CNC(=O)C(=O)Nc1ccc(F)cc1Cl)CNC(=O)c1ccc(Nc2nc(NC3(c4ccc(Cl)cc4)CC3)nc(OCC(F)(F)F)n2)cc1. The average molecular weight is 764 g/mol. The lowest BCUT2D eigenvalue weighted by molar-refractivity contribution is -0.154. The molecule has 1 heterocycles. The molecule has 1 saturated carbocycles. The molecule has 0 atom stereocenters. The van der Waals surface area contributed by atoms with Crippen LogP contribution in [0.1, 0.15) is 42.6 Å². The average Bonchev–Trinajstić information content (AvgIpc) is 3.87. The van der Waals surface area contributed by atoms with E-state index in [-0.39, 0.29) is 41.3 Å². The van der Waals surface area contributed by atoms with E-state index in [2.05, 4.69) is 41.5 Å². The van der Waals surface area contributed by atoms with Crippen LogP contribution in [0.3, 0.4) is 0 Å². The molecule has 0 spiro atoms. The van der Waals surface area contributed by atoms with Gasteiger partial charge in [-0.25, -0.2) is 4.39 Å². The highest BCUT2D eigenvalue weighted by Gasteiger charge is 2.45. The third-order valence-corrected chi connectivity index (χ3v) is 8.29. The van der Waals surface area contributed by atoms with Crippen molar-refractivity contribution in [1.82, 2.24) is 25.6 Å². The molecule has 5 N–H and O–H groups in total. The Morgan fingerprint density at radius 3 is 2.13 bits per heavy atom. The molecule has 4 aromatic rings. The van der Waals surface area contributed by atoms with Gasteiger partial charge in [0.1, 0.15) is 5.82 Å². The minimum absolute atomic E-state index is 0.00479. The summed E-state index contributed by atoms with van der Waals surface area (Å²) in [5.41, 5.74) is 0.465. The summed E-state index contributed by atoms with van der Waals surface area (Å²) in [5.74, 6) is -3.08. The summed E-state index contributed by atoms with van der Waals surface area (Å²) in [4.78, 5) is 49.9. The van der Waals surface area contributed by atoms with Crippen molar-refractivity contribution in [2.75, 3.05) is 35.6 Å². The maximum atomic E-state index is 13.2. The maximum Gasteiger partial charge on any atom is 0.422 e. The van der Waals surface area contributed by atoms with E-state index in [4.69, 9.17) is 27.9 Å². The predicted molar refractivity (Wildman–Crippen MR) is 186 cm³/mol. The molecular formula is C34H32Cl2F4N8O4. The normalized spacial score (nSPS) is 13.5. The molecule has 0 radical (unpaired) electrons. The van der Waals surface area contributed by atoms with Gasteiger partial charge >= 0.3 is 24.0 Å². The lowest BCUT2D eigenvalue weighted by atomic mass is 9.93. The first kappa shape index (κ1) is 38.0. The van der Waals surface area contributed by atoms with E-state index in [9.17, 15) is 31.9 Å². The second-order valence-corrected chi connectivity index (χ2v) is 13.5. The number of carbonyl (C=O) groups excluding carboxylic acids is 3. The molecule has 1 aromatic heterocycles. The quantitative estimate of drug-likeness (QED) is 0.0746. The minimum atomic E-state index is -4.62. The summed E-state index contributed by atoms with van der Waals surface area (Å²) in [5, 5.41) is 14.2. The Kier molecular flexibility index (Phi) is 11.4. The largest absolute Gasteiger partial charge is 0.454 e. The third kappa shape index (κ3) is 10.6. The first-order chi connectivity index (χ1) is 24.5. The van der Waals surface area contributed by atoms with Gasteiger partial charge in [0.15, 0.2) is 6.61 Å². The van der Waals surface area contributed by atoms with Gasteiger partial charge in [0.25, 0.3) is 5.91 Å². The number of nitrogens with one attached hydrogen (secondary N) is 5. The van der Waals surface area contributed by atoms with Crippen molar-refractivity contribution < 1.29 is 36.7 Å². The highest BCUT2D eigenvalue weighted by atomic mass is 35.5. The van der Waals surface area contributed by atoms with Crippen LogP contribution in [0.25, 0.3) is 0 Å². The molecule has 5 rings (SSSR count). The van der Waals surface area contributed by atoms with Gasteiger partial charge in [-0.3, -0.25) is 14.4 Å². The Morgan fingerprint density at radius 1 is 0.846 bits per heavy atom. The monoisotopic (exact) mass is 762 g/mol. The Morgan fingerprint density at radius 2 is 1.50 bits per heavy atom. The number of halogens is 6. The first-order valence-corrected chi connectivity index (χ1v) is 16.4. The van der Waals surface area contributed by atoms with E-state index in [1.165, 1.54) is 18.2 Å². The van der Waals surface area contributed by atoms with Gasteiger partial charge < -0.3 is 31.3 Å². The van der Waals surface area contributed by atoms with Crippen molar-refractivity contribution in [1.29, 1.82) is 0 Å². The number of hydrogen-bond acceptors (Lipinski definition) is 9. The van der Waals surface area contributed by atoms with Crippen molar-refractivity contribution >= 4 is 64.2 Å². The molecule has 3 amide bonds. The van der Waals surface area contributed by atoms with Crippen molar-refractivity contribution in [3.8, 4) is 6.01 Å². The van der Waals surface area contributed by atoms with Crippen LogP contribution in [-0.2, 0) is 15.1 Å². The zero-order valence-electron chi connectivity index (χ0n) is 27.6. The second kappa shape index (κ2) is 15.6. The van der Waals surface area contributed by atoms with Crippen LogP contribution in [0.15, 0.2) is 66.7 Å². The number of carbonyl (C=O) groups is 3. The van der Waals surface area contributed by atoms with Crippen LogP contribution >= 0.6 is 23.2 Å². The summed E-state index contributed by atoms with van der Waals surface area (Å²) in [6, 6.07) is 16.1. The molecule has 1 aliphatic carbocycles. The number of amides is 3. The molecule has 0 saturated heterocycles. The molecule has 274 valence electrons. The zero-order valence-corrected chi connectivity index (χ0v) is 29.1. The highest BCUT2D eigenvalue weighted by Crippen LogP contribution is 2.48. The molecule has 0 bridgehead atoms. The van der Waals surface area contributed by atoms with E-state index < -0.39 is 53.3 Å². The van der Waals surface area contributed by atoms with Gasteiger partial charge in [-0.2, -0.15) is 28.1 Å². The number of anilines is 4. The molecule has 1 aliphatic rings. The van der Waals surface area contributed by atoms with Gasteiger partial charge in [-0.05, 0) is 78.4 Å². The van der Waals surface area contributed by atoms with Crippen LogP contribution in [0, 0.1) is 11.2 Å². The van der Waals surface area contributed by atoms with Crippen LogP contribution in [0.5, 0.6) is 6.01 Å². The van der Waals surface area contributed by atoms with E-state index in [1.807, 2.05) is 12.1 Å². The number of ether oxygens (including phenoxy) is 1. The number of hydrogen-bond donors (Lipinski definition) is 5. The highest BCUT2D eigenvalue weighted by molar-refractivity contribution is 6.41. The zero-order chi connectivity index (χ0) is 37.7. The summed E-state index contributed by atoms with van der Waals surface area (Å²) in [6.45, 7) is 2.07. The van der Waals surface area contributed by atoms with E-state index in [1.54, 1.807) is 38.1 Å². The lowest BCUT2D eigenvalue weighted by Crippen LogP contribution is -2.45. The molecule has 0 aliphatic heterocycles. The Balaban J connectivity index is 1.17. The molecule has 1 fully saturated rings. The predicted octanol–water partition coefficient (Wildman–Crippen LogP) is 6.61. The summed E-state index contributed by atoms with van der Waals surface area (Å²) in [6.07, 6.45) is -3.17. The fourth-order valence-corrected chi connectivity index (χ4v) is 5.10. The van der Waals surface area contributed by atoms with Crippen LogP contribution in [0.4, 0.5) is 40.8 Å². The number of alkyl halides is 3. The van der Waals surface area contributed by atoms with Gasteiger partial charge in [0, 0.05) is 29.4 Å². The minimum Gasteiger partial charge on any atom is -0.454 e. The Bertz CT molecular complexity index is 1940. The topological polar surface area (TPSA) is 159 Å². The van der Waals surface area contributed by atoms with E-state index in [0.717, 1.165) is 30.5 Å². The Labute approximate surface area is 305 Å². The summed E-state index contributed by atoms with van der Waals surface area (Å²) in [7, 11) is 0. The van der Waals surface area contributed by atoms with Crippen LogP contribution in [-0.4, -0.2) is 58.5 Å². The smallest absolute Gasteiger partial charge is 0.422 e.